The first-order valence-corrected chi connectivity index (χ1v) is 8.13. The maximum atomic E-state index is 12.4. The van der Waals surface area contributed by atoms with Crippen LogP contribution in [0.3, 0.4) is 0 Å². The molecule has 0 saturated carbocycles. The highest BCUT2D eigenvalue weighted by molar-refractivity contribution is 7.17. The van der Waals surface area contributed by atoms with Crippen LogP contribution in [0, 0.1) is 0 Å². The van der Waals surface area contributed by atoms with E-state index in [4.69, 9.17) is 14.2 Å². The summed E-state index contributed by atoms with van der Waals surface area (Å²) >= 11 is 1.25. The molecule has 23 heavy (non-hydrogen) atoms. The maximum Gasteiger partial charge on any atom is 0.331 e. The lowest BCUT2D eigenvalue weighted by molar-refractivity contribution is -0.200. The topological polar surface area (TPSA) is 103 Å². The van der Waals surface area contributed by atoms with Gasteiger partial charge in [-0.25, -0.2) is 4.79 Å². The van der Waals surface area contributed by atoms with Gasteiger partial charge in [-0.05, 0) is 25.3 Å². The van der Waals surface area contributed by atoms with Crippen molar-refractivity contribution in [3.05, 3.63) is 32.3 Å². The van der Waals surface area contributed by atoms with Crippen molar-refractivity contribution in [3.63, 3.8) is 0 Å². The van der Waals surface area contributed by atoms with Crippen LogP contribution >= 0.6 is 11.3 Å². The third kappa shape index (κ3) is 2.19. The molecule has 2 N–H and O–H groups in total. The molecular formula is C14H16N2O6S. The Morgan fingerprint density at radius 1 is 1.35 bits per heavy atom. The molecule has 4 heterocycles. The van der Waals surface area contributed by atoms with Crippen molar-refractivity contribution in [2.75, 3.05) is 6.61 Å². The highest BCUT2D eigenvalue weighted by Gasteiger charge is 2.56. The first-order valence-electron chi connectivity index (χ1n) is 7.25. The second-order valence-corrected chi connectivity index (χ2v) is 6.99. The third-order valence-corrected chi connectivity index (χ3v) is 5.01. The fraction of sp³-hybridized carbons (Fsp3) is 0.571. The zero-order chi connectivity index (χ0) is 16.4. The zero-order valence-corrected chi connectivity index (χ0v) is 13.3. The van der Waals surface area contributed by atoms with E-state index in [1.807, 2.05) is 0 Å². The van der Waals surface area contributed by atoms with Gasteiger partial charge in [-0.15, -0.1) is 11.3 Å². The van der Waals surface area contributed by atoms with Gasteiger partial charge in [-0.1, -0.05) is 0 Å². The summed E-state index contributed by atoms with van der Waals surface area (Å²) in [5.41, 5.74) is -0.510. The van der Waals surface area contributed by atoms with Gasteiger partial charge in [0.1, 0.15) is 23.0 Å². The lowest BCUT2D eigenvalue weighted by Crippen LogP contribution is -2.37. The van der Waals surface area contributed by atoms with E-state index < -0.39 is 41.6 Å². The Bertz CT molecular complexity index is 868. The summed E-state index contributed by atoms with van der Waals surface area (Å²) in [6.07, 6.45) is -2.40. The molecule has 4 atom stereocenters. The van der Waals surface area contributed by atoms with Crippen molar-refractivity contribution >= 4 is 21.6 Å². The second kappa shape index (κ2) is 4.99. The molecule has 2 aromatic heterocycles. The molecule has 0 bridgehead atoms. The van der Waals surface area contributed by atoms with Gasteiger partial charge in [0.25, 0.3) is 5.56 Å². The molecule has 9 heteroatoms. The summed E-state index contributed by atoms with van der Waals surface area (Å²) in [6, 6.07) is 1.70. The number of hydrogen-bond acceptors (Lipinski definition) is 7. The molecule has 0 spiro atoms. The number of aromatic amines is 1. The van der Waals surface area contributed by atoms with Gasteiger partial charge in [0, 0.05) is 0 Å². The maximum absolute atomic E-state index is 12.4. The van der Waals surface area contributed by atoms with Crippen molar-refractivity contribution < 1.29 is 19.3 Å². The van der Waals surface area contributed by atoms with Crippen LogP contribution in [0.15, 0.2) is 21.0 Å². The zero-order valence-electron chi connectivity index (χ0n) is 12.5. The van der Waals surface area contributed by atoms with E-state index in [9.17, 15) is 14.7 Å². The summed E-state index contributed by atoms with van der Waals surface area (Å²) in [5, 5.41) is 11.3. The Labute approximate surface area is 134 Å². The van der Waals surface area contributed by atoms with Gasteiger partial charge < -0.3 is 19.3 Å². The minimum Gasteiger partial charge on any atom is -0.394 e. The van der Waals surface area contributed by atoms with Crippen molar-refractivity contribution in [1.29, 1.82) is 0 Å². The van der Waals surface area contributed by atoms with Crippen LogP contribution in [-0.2, 0) is 14.2 Å². The Hall–Kier alpha value is -1.52. The van der Waals surface area contributed by atoms with Gasteiger partial charge in [0.15, 0.2) is 12.0 Å². The Morgan fingerprint density at radius 3 is 2.83 bits per heavy atom. The fourth-order valence-corrected chi connectivity index (χ4v) is 4.03. The van der Waals surface area contributed by atoms with E-state index in [-0.39, 0.29) is 6.61 Å². The predicted octanol–water partition coefficient (Wildman–Crippen LogP) is 0.161. The Balaban J connectivity index is 1.87. The van der Waals surface area contributed by atoms with Crippen LogP contribution in [0.4, 0.5) is 0 Å². The van der Waals surface area contributed by atoms with Crippen LogP contribution in [-0.4, -0.2) is 45.4 Å². The van der Waals surface area contributed by atoms with Gasteiger partial charge in [-0.3, -0.25) is 14.3 Å². The molecule has 4 rings (SSSR count). The largest absolute Gasteiger partial charge is 0.394 e. The minimum atomic E-state index is -0.829. The number of ether oxygens (including phenoxy) is 3. The number of H-pyrrole nitrogens is 1. The molecular weight excluding hydrogens is 324 g/mol. The number of aliphatic hydroxyl groups is 1. The van der Waals surface area contributed by atoms with E-state index >= 15 is 0 Å². The summed E-state index contributed by atoms with van der Waals surface area (Å²) in [6.45, 7) is 3.29. The molecule has 8 nitrogen and oxygen atoms in total. The van der Waals surface area contributed by atoms with E-state index in [1.165, 1.54) is 15.9 Å². The smallest absolute Gasteiger partial charge is 0.331 e. The number of nitrogens with zero attached hydrogens (tertiary/aromatic N) is 1. The molecule has 0 radical (unpaired) electrons. The fourth-order valence-electron chi connectivity index (χ4n) is 3.25. The summed E-state index contributed by atoms with van der Waals surface area (Å²) < 4.78 is 19.3. The van der Waals surface area contributed by atoms with Crippen LogP contribution < -0.4 is 11.2 Å². The van der Waals surface area contributed by atoms with Gasteiger partial charge >= 0.3 is 5.69 Å². The first-order chi connectivity index (χ1) is 10.9. The van der Waals surface area contributed by atoms with Gasteiger partial charge in [0.05, 0.1) is 12.1 Å². The van der Waals surface area contributed by atoms with Crippen LogP contribution in [0.25, 0.3) is 10.2 Å². The minimum absolute atomic E-state index is 0.248. The van der Waals surface area contributed by atoms with E-state index in [1.54, 1.807) is 25.3 Å². The lowest BCUT2D eigenvalue weighted by atomic mass is 10.1. The normalized spacial score (nSPS) is 32.5. The van der Waals surface area contributed by atoms with E-state index in [2.05, 4.69) is 4.98 Å². The van der Waals surface area contributed by atoms with E-state index in [0.29, 0.717) is 10.2 Å². The lowest BCUT2D eigenvalue weighted by Gasteiger charge is -2.24. The number of aliphatic hydroxyl groups excluding tert-OH is 1. The Kier molecular flexibility index (Phi) is 3.26. The molecule has 2 fully saturated rings. The van der Waals surface area contributed by atoms with Crippen LogP contribution in [0.2, 0.25) is 0 Å². The standard InChI is InChI=1S/C14H16N2O6S/c1-14(2)21-8-7(5-17)20-12(9(8)22-14)16-6-3-4-23-10(6)11(18)15-13(16)19/h3-4,7-9,12,17H,5H2,1-2H3,(H,15,18,19)/t7-,8-,9-,12-/m1/s1. The average Bonchev–Trinajstić information content (AvgIpc) is 3.13. The number of rotatable bonds is 2. The summed E-state index contributed by atoms with van der Waals surface area (Å²) in [4.78, 5) is 26.5. The monoisotopic (exact) mass is 340 g/mol. The molecule has 0 unspecified atom stereocenters. The SMILES string of the molecule is CC1(C)O[C@@H]2[C@H](O1)[C@@H](CO)O[C@H]2n1c(=O)[nH]c(=O)c2sccc21. The van der Waals surface area contributed by atoms with Crippen molar-refractivity contribution in [3.8, 4) is 0 Å². The summed E-state index contributed by atoms with van der Waals surface area (Å²) in [7, 11) is 0. The Morgan fingerprint density at radius 2 is 2.09 bits per heavy atom. The molecule has 2 aliphatic heterocycles. The number of thiophene rings is 1. The first kappa shape index (κ1) is 15.0. The molecule has 2 aromatic rings. The van der Waals surface area contributed by atoms with Crippen molar-refractivity contribution in [1.82, 2.24) is 9.55 Å². The molecule has 0 aliphatic carbocycles. The molecule has 0 amide bonds. The quantitative estimate of drug-likeness (QED) is 0.807. The molecule has 2 saturated heterocycles. The highest BCUT2D eigenvalue weighted by atomic mass is 32.1. The van der Waals surface area contributed by atoms with Crippen LogP contribution in [0.1, 0.15) is 20.1 Å². The van der Waals surface area contributed by atoms with E-state index in [0.717, 1.165) is 0 Å². The van der Waals surface area contributed by atoms with Gasteiger partial charge in [-0.2, -0.15) is 0 Å². The molecule has 124 valence electrons. The third-order valence-electron chi connectivity index (χ3n) is 4.11. The number of nitrogens with one attached hydrogen (secondary N) is 1. The average molecular weight is 340 g/mol. The van der Waals surface area contributed by atoms with Crippen molar-refractivity contribution in [2.45, 2.75) is 44.2 Å². The summed E-state index contributed by atoms with van der Waals surface area (Å²) in [5.74, 6) is -0.829. The number of fused-ring (bicyclic) bond motifs is 2. The van der Waals surface area contributed by atoms with Crippen molar-refractivity contribution in [2.24, 2.45) is 0 Å². The highest BCUT2D eigenvalue weighted by Crippen LogP contribution is 2.43. The van der Waals surface area contributed by atoms with Gasteiger partial charge in [0.2, 0.25) is 0 Å². The van der Waals surface area contributed by atoms with Crippen LogP contribution in [0.5, 0.6) is 0 Å². The molecule has 2 aliphatic rings. The second-order valence-electron chi connectivity index (χ2n) is 6.08. The molecule has 0 aromatic carbocycles. The predicted molar refractivity (Wildman–Crippen MR) is 81.5 cm³/mol. The number of hydrogen-bond donors (Lipinski definition) is 2. The number of aromatic nitrogens is 2.